The van der Waals surface area contributed by atoms with Crippen LogP contribution in [0.4, 0.5) is 4.39 Å². The summed E-state index contributed by atoms with van der Waals surface area (Å²) >= 11 is 0. The number of nitrogens with zero attached hydrogens (tertiary/aromatic N) is 2. The van der Waals surface area contributed by atoms with E-state index in [0.29, 0.717) is 5.56 Å². The lowest BCUT2D eigenvalue weighted by Gasteiger charge is -2.17. The van der Waals surface area contributed by atoms with E-state index >= 15 is 0 Å². The highest BCUT2D eigenvalue weighted by molar-refractivity contribution is 7.89. The van der Waals surface area contributed by atoms with Gasteiger partial charge in [0.15, 0.2) is 0 Å². The lowest BCUT2D eigenvalue weighted by atomic mass is 9.92. The molecule has 0 saturated carbocycles. The third-order valence-electron chi connectivity index (χ3n) is 5.57. The molecule has 1 aliphatic carbocycles. The van der Waals surface area contributed by atoms with Crippen molar-refractivity contribution in [1.29, 1.82) is 0 Å². The molecule has 0 bridgehead atoms. The maximum Gasteiger partial charge on any atom is 0.249 e. The minimum atomic E-state index is -3.70. The Labute approximate surface area is 191 Å². The zero-order chi connectivity index (χ0) is 23.4. The molecule has 1 atom stereocenters. The van der Waals surface area contributed by atoms with Crippen LogP contribution >= 0.6 is 0 Å². The molecule has 0 fully saturated rings. The topological polar surface area (TPSA) is 114 Å². The van der Waals surface area contributed by atoms with E-state index in [1.54, 1.807) is 19.1 Å². The summed E-state index contributed by atoms with van der Waals surface area (Å²) in [4.78, 5) is 16.7. The molecule has 2 N–H and O–H groups in total. The Bertz CT molecular complexity index is 1240. The summed E-state index contributed by atoms with van der Waals surface area (Å²) < 4.78 is 45.9. The van der Waals surface area contributed by atoms with E-state index in [2.05, 4.69) is 20.2 Å². The average Bonchev–Trinajstić information content (AvgIpc) is 3.29. The Hall–Kier alpha value is -3.11. The second-order valence-corrected chi connectivity index (χ2v) is 9.80. The number of benzene rings is 2. The first-order chi connectivity index (χ1) is 15.8. The normalized spacial score (nSPS) is 14.5. The molecule has 0 radical (unpaired) electrons. The van der Waals surface area contributed by atoms with Gasteiger partial charge in [-0.2, -0.15) is 4.98 Å². The summed E-state index contributed by atoms with van der Waals surface area (Å²) in [6.07, 6.45) is 4.01. The number of nitrogens with one attached hydrogen (secondary N) is 2. The van der Waals surface area contributed by atoms with Gasteiger partial charge in [0.2, 0.25) is 27.6 Å². The Morgan fingerprint density at radius 3 is 2.61 bits per heavy atom. The predicted molar refractivity (Wildman–Crippen MR) is 119 cm³/mol. The molecule has 0 saturated heterocycles. The highest BCUT2D eigenvalue weighted by atomic mass is 32.2. The largest absolute Gasteiger partial charge is 0.345 e. The number of hydrogen-bond donors (Lipinski definition) is 2. The van der Waals surface area contributed by atoms with Crippen LogP contribution in [-0.4, -0.2) is 31.0 Å². The van der Waals surface area contributed by atoms with Crippen LogP contribution in [0.15, 0.2) is 51.9 Å². The second kappa shape index (κ2) is 9.80. The Balaban J connectivity index is 1.29. The van der Waals surface area contributed by atoms with E-state index in [0.717, 1.165) is 31.2 Å². The van der Waals surface area contributed by atoms with Crippen LogP contribution < -0.4 is 10.0 Å². The third-order valence-corrected chi connectivity index (χ3v) is 7.03. The van der Waals surface area contributed by atoms with Crippen LogP contribution in [0.25, 0.3) is 11.4 Å². The SMILES string of the molecule is CC(NC(=O)CCNS(=O)(=O)c1ccc2c(c1)CCCC2)c1nc(-c2ccc(F)cc2)no1. The molecule has 4 rings (SSSR count). The van der Waals surface area contributed by atoms with E-state index in [1.807, 2.05) is 6.07 Å². The number of hydrogen-bond acceptors (Lipinski definition) is 6. The molecule has 1 aromatic heterocycles. The van der Waals surface area contributed by atoms with E-state index in [-0.39, 0.29) is 41.3 Å². The first-order valence-electron chi connectivity index (χ1n) is 10.8. The third kappa shape index (κ3) is 5.63. The van der Waals surface area contributed by atoms with Gasteiger partial charge in [-0.1, -0.05) is 11.2 Å². The molecule has 1 heterocycles. The Morgan fingerprint density at radius 2 is 1.85 bits per heavy atom. The zero-order valence-electron chi connectivity index (χ0n) is 18.2. The summed E-state index contributed by atoms with van der Waals surface area (Å²) in [5.41, 5.74) is 2.87. The van der Waals surface area contributed by atoms with Crippen molar-refractivity contribution >= 4 is 15.9 Å². The lowest BCUT2D eigenvalue weighted by molar-refractivity contribution is -0.121. The van der Waals surface area contributed by atoms with Crippen LogP contribution in [0.5, 0.6) is 0 Å². The molecule has 33 heavy (non-hydrogen) atoms. The summed E-state index contributed by atoms with van der Waals surface area (Å²) in [5, 5.41) is 6.56. The fraction of sp³-hybridized carbons (Fsp3) is 0.348. The number of carbonyl (C=O) groups is 1. The van der Waals surface area contributed by atoms with Crippen molar-refractivity contribution in [3.63, 3.8) is 0 Å². The highest BCUT2D eigenvalue weighted by Crippen LogP contribution is 2.24. The molecule has 8 nitrogen and oxygen atoms in total. The van der Waals surface area contributed by atoms with Crippen LogP contribution in [-0.2, 0) is 27.7 Å². The summed E-state index contributed by atoms with van der Waals surface area (Å²) in [5.74, 6) is -0.260. The van der Waals surface area contributed by atoms with Crippen LogP contribution in [0, 0.1) is 5.82 Å². The minimum Gasteiger partial charge on any atom is -0.345 e. The smallest absolute Gasteiger partial charge is 0.249 e. The van der Waals surface area contributed by atoms with E-state index in [1.165, 1.54) is 29.8 Å². The molecule has 2 aromatic carbocycles. The number of halogens is 1. The van der Waals surface area contributed by atoms with Gasteiger partial charge >= 0.3 is 0 Å². The van der Waals surface area contributed by atoms with Gasteiger partial charge in [0.25, 0.3) is 0 Å². The highest BCUT2D eigenvalue weighted by Gasteiger charge is 2.20. The van der Waals surface area contributed by atoms with E-state index in [4.69, 9.17) is 4.52 Å². The van der Waals surface area contributed by atoms with Gasteiger partial charge in [0.1, 0.15) is 11.9 Å². The summed E-state index contributed by atoms with van der Waals surface area (Å²) in [6, 6.07) is 10.3. The monoisotopic (exact) mass is 472 g/mol. The van der Waals surface area contributed by atoms with Crippen molar-refractivity contribution < 1.29 is 22.1 Å². The molecule has 0 spiro atoms. The second-order valence-electron chi connectivity index (χ2n) is 8.04. The quantitative estimate of drug-likeness (QED) is 0.520. The number of amides is 1. The van der Waals surface area contributed by atoms with Gasteiger partial charge in [0.05, 0.1) is 4.90 Å². The molecule has 1 amide bonds. The van der Waals surface area contributed by atoms with Crippen LogP contribution in [0.2, 0.25) is 0 Å². The summed E-state index contributed by atoms with van der Waals surface area (Å²) in [6.45, 7) is 1.64. The number of fused-ring (bicyclic) bond motifs is 1. The number of sulfonamides is 1. The van der Waals surface area contributed by atoms with Crippen molar-refractivity contribution in [3.05, 3.63) is 65.3 Å². The van der Waals surface area contributed by atoms with Crippen LogP contribution in [0.1, 0.15) is 49.2 Å². The van der Waals surface area contributed by atoms with E-state index < -0.39 is 16.1 Å². The van der Waals surface area contributed by atoms with Crippen LogP contribution in [0.3, 0.4) is 0 Å². The lowest BCUT2D eigenvalue weighted by Crippen LogP contribution is -2.32. The number of aryl methyl sites for hydroxylation is 2. The fourth-order valence-electron chi connectivity index (χ4n) is 3.76. The van der Waals surface area contributed by atoms with Crippen molar-refractivity contribution in [2.75, 3.05) is 6.54 Å². The standard InChI is InChI=1S/C23H25FN4O4S/c1-15(23-27-22(28-32-23)17-6-9-19(24)10-7-17)26-21(29)12-13-25-33(30,31)20-11-8-16-4-2-3-5-18(16)14-20/h6-11,14-15,25H,2-5,12-13H2,1H3,(H,26,29). The predicted octanol–water partition coefficient (Wildman–Crippen LogP) is 3.30. The minimum absolute atomic E-state index is 0.0391. The molecule has 0 aliphatic heterocycles. The Morgan fingerprint density at radius 1 is 1.12 bits per heavy atom. The molecular formula is C23H25FN4O4S. The maximum absolute atomic E-state index is 13.1. The van der Waals surface area contributed by atoms with Gasteiger partial charge in [-0.3, -0.25) is 4.79 Å². The first kappa shape index (κ1) is 23.1. The van der Waals surface area contributed by atoms with Gasteiger partial charge in [-0.15, -0.1) is 0 Å². The van der Waals surface area contributed by atoms with E-state index in [9.17, 15) is 17.6 Å². The average molecular weight is 473 g/mol. The molecule has 1 aliphatic rings. The maximum atomic E-state index is 13.1. The molecular weight excluding hydrogens is 447 g/mol. The number of aromatic nitrogens is 2. The molecule has 10 heteroatoms. The van der Waals surface area contributed by atoms with Gasteiger partial charge in [0, 0.05) is 18.5 Å². The zero-order valence-corrected chi connectivity index (χ0v) is 19.0. The van der Waals surface area contributed by atoms with Crippen molar-refractivity contribution in [2.45, 2.75) is 50.0 Å². The molecule has 3 aromatic rings. The Kier molecular flexibility index (Phi) is 6.85. The molecule has 1 unspecified atom stereocenters. The van der Waals surface area contributed by atoms with Crippen molar-refractivity contribution in [3.8, 4) is 11.4 Å². The summed E-state index contributed by atoms with van der Waals surface area (Å²) in [7, 11) is -3.70. The van der Waals surface area contributed by atoms with Gasteiger partial charge in [-0.05, 0) is 80.1 Å². The number of carbonyl (C=O) groups excluding carboxylic acids is 1. The van der Waals surface area contributed by atoms with Gasteiger partial charge < -0.3 is 9.84 Å². The van der Waals surface area contributed by atoms with Gasteiger partial charge in [-0.25, -0.2) is 17.5 Å². The van der Waals surface area contributed by atoms with Crippen molar-refractivity contribution in [1.82, 2.24) is 20.2 Å². The first-order valence-corrected chi connectivity index (χ1v) is 12.3. The fourth-order valence-corrected chi connectivity index (χ4v) is 4.84. The number of rotatable bonds is 8. The van der Waals surface area contributed by atoms with Crippen molar-refractivity contribution in [2.24, 2.45) is 0 Å². The molecule has 174 valence electrons.